The van der Waals surface area contributed by atoms with Crippen molar-refractivity contribution in [2.24, 2.45) is 0 Å². The van der Waals surface area contributed by atoms with Crippen molar-refractivity contribution in [2.45, 2.75) is 37.7 Å². The maximum atomic E-state index is 15.1. The second-order valence-electron chi connectivity index (χ2n) is 9.45. The molecule has 1 aromatic heterocycles. The number of likely N-dealkylation sites (tertiary alicyclic amines) is 1. The van der Waals surface area contributed by atoms with E-state index in [0.29, 0.717) is 18.5 Å². The molecule has 0 aliphatic carbocycles. The summed E-state index contributed by atoms with van der Waals surface area (Å²) in [5, 5.41) is 23.8. The molecule has 3 atom stereocenters. The molecule has 0 spiro atoms. The molecular weight excluding hydrogens is 506 g/mol. The summed E-state index contributed by atoms with van der Waals surface area (Å²) >= 11 is 0. The number of halogens is 2. The first-order chi connectivity index (χ1) is 18.3. The Balaban J connectivity index is 1.21. The summed E-state index contributed by atoms with van der Waals surface area (Å²) in [4.78, 5) is 29.2. The van der Waals surface area contributed by atoms with Crippen LogP contribution in [0.5, 0.6) is 5.88 Å². The van der Waals surface area contributed by atoms with Crippen molar-refractivity contribution in [1.82, 2.24) is 15.0 Å². The molecule has 11 nitrogen and oxygen atoms in total. The van der Waals surface area contributed by atoms with Crippen LogP contribution in [0.15, 0.2) is 35.1 Å². The van der Waals surface area contributed by atoms with Crippen LogP contribution in [0.2, 0.25) is 0 Å². The maximum absolute atomic E-state index is 15.1. The summed E-state index contributed by atoms with van der Waals surface area (Å²) in [6.45, 7) is 0.926. The van der Waals surface area contributed by atoms with Crippen LogP contribution in [-0.2, 0) is 9.53 Å². The van der Waals surface area contributed by atoms with Crippen molar-refractivity contribution in [3.63, 3.8) is 0 Å². The zero-order valence-corrected chi connectivity index (χ0v) is 20.5. The molecule has 5 rings (SSSR count). The highest BCUT2D eigenvalue weighted by molar-refractivity contribution is 5.90. The van der Waals surface area contributed by atoms with Gasteiger partial charge in [-0.3, -0.25) is 14.6 Å². The number of β-amino-alcohol motifs (C(OH)–C–C–N with tert-alkyl or cyclic N) is 1. The van der Waals surface area contributed by atoms with Gasteiger partial charge in [0.1, 0.15) is 36.8 Å². The molecule has 38 heavy (non-hydrogen) atoms. The summed E-state index contributed by atoms with van der Waals surface area (Å²) in [7, 11) is 0. The Morgan fingerprint density at radius 2 is 2.05 bits per heavy atom. The Morgan fingerprint density at radius 1 is 1.26 bits per heavy atom. The van der Waals surface area contributed by atoms with Crippen molar-refractivity contribution in [1.29, 1.82) is 0 Å². The zero-order chi connectivity index (χ0) is 26.8. The molecule has 1 aromatic carbocycles. The molecule has 2 N–H and O–H groups in total. The molecular formula is C25H28F2N4O7. The molecule has 2 unspecified atom stereocenters. The number of aromatic nitrogens is 1. The number of aliphatic hydroxyl groups excluding tert-OH is 2. The number of amides is 2. The van der Waals surface area contributed by atoms with Crippen LogP contribution < -0.4 is 9.64 Å². The fourth-order valence-corrected chi connectivity index (χ4v) is 4.92. The zero-order valence-electron chi connectivity index (χ0n) is 20.5. The average Bonchev–Trinajstić information content (AvgIpc) is 3.64. The van der Waals surface area contributed by atoms with E-state index in [1.807, 2.05) is 0 Å². The number of hydrogen-bond acceptors (Lipinski definition) is 9. The van der Waals surface area contributed by atoms with E-state index < -0.39 is 42.1 Å². The third-order valence-electron chi connectivity index (χ3n) is 6.91. The van der Waals surface area contributed by atoms with Crippen molar-refractivity contribution in [3.8, 4) is 5.88 Å². The predicted molar refractivity (Wildman–Crippen MR) is 128 cm³/mol. The molecule has 2 fully saturated rings. The Hall–Kier alpha value is -3.55. The molecule has 0 radical (unpaired) electrons. The first kappa shape index (κ1) is 26.1. The third-order valence-corrected chi connectivity index (χ3v) is 6.91. The van der Waals surface area contributed by atoms with Gasteiger partial charge in [-0.25, -0.2) is 13.6 Å². The van der Waals surface area contributed by atoms with Gasteiger partial charge in [-0.15, -0.1) is 0 Å². The van der Waals surface area contributed by atoms with Gasteiger partial charge in [-0.2, -0.15) is 0 Å². The number of carbonyl (C=O) groups excluding carboxylic acids is 2. The Morgan fingerprint density at radius 3 is 2.68 bits per heavy atom. The largest absolute Gasteiger partial charge is 0.471 e. The molecule has 13 heteroatoms. The van der Waals surface area contributed by atoms with E-state index in [9.17, 15) is 19.8 Å². The normalized spacial score (nSPS) is 22.9. The Labute approximate surface area is 216 Å². The summed E-state index contributed by atoms with van der Waals surface area (Å²) in [5.41, 5.74) is 0.182. The summed E-state index contributed by atoms with van der Waals surface area (Å²) < 4.78 is 45.5. The number of nitrogens with zero attached hydrogens (tertiary/aromatic N) is 4. The van der Waals surface area contributed by atoms with E-state index >= 15 is 8.78 Å². The molecule has 2 amide bonds. The summed E-state index contributed by atoms with van der Waals surface area (Å²) in [5.74, 6) is -1.96. The Kier molecular flexibility index (Phi) is 7.58. The minimum Gasteiger partial charge on any atom is -0.471 e. The predicted octanol–water partition coefficient (Wildman–Crippen LogP) is 1.75. The van der Waals surface area contributed by atoms with Gasteiger partial charge >= 0.3 is 6.09 Å². The standard InChI is InChI=1S/C25H28F2N4O7/c26-18-10-16(31-12-17(38-25(31)35)14-36-21-5-9-37-28-21)11-19(27)23(18)15-3-7-29(8-4-15)24(34)20(32)13-30-6-1-2-22(30)33/h3,5,9-11,17,20,22,32-33H,1-2,4,6-8,12-14H2/t17-,20?,22?/m1/s1. The van der Waals surface area contributed by atoms with E-state index in [1.54, 1.807) is 11.0 Å². The number of anilines is 1. The molecule has 3 aliphatic heterocycles. The van der Waals surface area contributed by atoms with E-state index in [0.717, 1.165) is 23.5 Å². The van der Waals surface area contributed by atoms with Crippen molar-refractivity contribution < 1.29 is 42.6 Å². The molecule has 0 bridgehead atoms. The van der Waals surface area contributed by atoms with E-state index in [2.05, 4.69) is 9.68 Å². The van der Waals surface area contributed by atoms with Crippen LogP contribution in [-0.4, -0.2) is 94.9 Å². The number of carbonyl (C=O) groups is 2. The van der Waals surface area contributed by atoms with Gasteiger partial charge in [0.15, 0.2) is 6.10 Å². The molecule has 0 saturated carbocycles. The quantitative estimate of drug-likeness (QED) is 0.520. The van der Waals surface area contributed by atoms with Crippen LogP contribution in [0, 0.1) is 11.6 Å². The molecule has 204 valence electrons. The highest BCUT2D eigenvalue weighted by Gasteiger charge is 2.35. The van der Waals surface area contributed by atoms with Crippen molar-refractivity contribution in [2.75, 3.05) is 44.2 Å². The fraction of sp³-hybridized carbons (Fsp3) is 0.480. The smallest absolute Gasteiger partial charge is 0.414 e. The monoisotopic (exact) mass is 534 g/mol. The highest BCUT2D eigenvalue weighted by Crippen LogP contribution is 2.32. The van der Waals surface area contributed by atoms with Gasteiger partial charge in [-0.1, -0.05) is 6.08 Å². The lowest BCUT2D eigenvalue weighted by molar-refractivity contribution is -0.141. The van der Waals surface area contributed by atoms with Crippen LogP contribution in [0.1, 0.15) is 24.8 Å². The molecule has 2 aromatic rings. The Bertz CT molecular complexity index is 1190. The van der Waals surface area contributed by atoms with Crippen LogP contribution in [0.4, 0.5) is 19.3 Å². The first-order valence-electron chi connectivity index (χ1n) is 12.4. The number of ether oxygens (including phenoxy) is 2. The summed E-state index contributed by atoms with van der Waals surface area (Å²) in [6.07, 6.45) is 1.09. The van der Waals surface area contributed by atoms with Gasteiger partial charge in [0, 0.05) is 37.8 Å². The number of benzene rings is 1. The van der Waals surface area contributed by atoms with E-state index in [-0.39, 0.29) is 56.3 Å². The SMILES string of the molecule is O=C(C(O)CN1CCCC1O)N1CC=C(c2c(F)cc(N3C[C@H](COc4ccon4)OC3=O)cc2F)CC1. The van der Waals surface area contributed by atoms with E-state index in [1.165, 1.54) is 17.2 Å². The fourth-order valence-electron chi connectivity index (χ4n) is 4.92. The van der Waals surface area contributed by atoms with Crippen LogP contribution >= 0.6 is 0 Å². The van der Waals surface area contributed by atoms with Gasteiger partial charge in [-0.05, 0) is 42.1 Å². The molecule has 4 heterocycles. The van der Waals surface area contributed by atoms with Gasteiger partial charge < -0.3 is 29.1 Å². The second-order valence-corrected chi connectivity index (χ2v) is 9.45. The summed E-state index contributed by atoms with van der Waals surface area (Å²) in [6, 6.07) is 3.64. The lowest BCUT2D eigenvalue weighted by atomic mass is 9.97. The van der Waals surface area contributed by atoms with Crippen LogP contribution in [0.3, 0.4) is 0 Å². The minimum atomic E-state index is -1.30. The van der Waals surface area contributed by atoms with Crippen LogP contribution in [0.25, 0.3) is 5.57 Å². The minimum absolute atomic E-state index is 0.00671. The first-order valence-corrected chi connectivity index (χ1v) is 12.4. The lowest BCUT2D eigenvalue weighted by Gasteiger charge is -2.30. The van der Waals surface area contributed by atoms with Crippen molar-refractivity contribution >= 4 is 23.3 Å². The maximum Gasteiger partial charge on any atom is 0.414 e. The number of cyclic esters (lactones) is 1. The number of hydrogen-bond donors (Lipinski definition) is 2. The number of rotatable bonds is 8. The lowest BCUT2D eigenvalue weighted by Crippen LogP contribution is -2.47. The van der Waals surface area contributed by atoms with Gasteiger partial charge in [0.2, 0.25) is 0 Å². The topological polar surface area (TPSA) is 129 Å². The number of aliphatic hydroxyl groups is 2. The van der Waals surface area contributed by atoms with Gasteiger partial charge in [0.25, 0.3) is 11.8 Å². The average molecular weight is 535 g/mol. The van der Waals surface area contributed by atoms with E-state index in [4.69, 9.17) is 9.47 Å². The van der Waals surface area contributed by atoms with Gasteiger partial charge in [0.05, 0.1) is 12.2 Å². The van der Waals surface area contributed by atoms with Crippen molar-refractivity contribution in [3.05, 3.63) is 47.7 Å². The third kappa shape index (κ3) is 5.49. The molecule has 2 saturated heterocycles. The second kappa shape index (κ2) is 11.1. The molecule has 3 aliphatic rings. The highest BCUT2D eigenvalue weighted by atomic mass is 19.1.